The molecule has 0 heterocycles. The molecule has 0 aliphatic heterocycles. The van der Waals surface area contributed by atoms with E-state index in [2.05, 4.69) is 14.8 Å². The molecule has 0 saturated heterocycles. The molecule has 0 spiro atoms. The molecule has 142 valence electrons. The van der Waals surface area contributed by atoms with Gasteiger partial charge in [-0.3, -0.25) is 19.2 Å². The molecule has 0 radical (unpaired) electrons. The van der Waals surface area contributed by atoms with Crippen molar-refractivity contribution in [3.05, 3.63) is 35.4 Å². The molecule has 0 aliphatic carbocycles. The van der Waals surface area contributed by atoms with E-state index >= 15 is 0 Å². The largest absolute Gasteiger partial charge is 0.468 e. The van der Waals surface area contributed by atoms with Gasteiger partial charge < -0.3 is 20.5 Å². The van der Waals surface area contributed by atoms with Crippen LogP contribution in [-0.4, -0.2) is 44.0 Å². The average Bonchev–Trinajstić information content (AvgIpc) is 2.60. The minimum absolute atomic E-state index is 0.670. The van der Waals surface area contributed by atoms with Gasteiger partial charge in [-0.25, -0.2) is 8.78 Å². The van der Waals surface area contributed by atoms with Crippen LogP contribution in [0.5, 0.6) is 0 Å². The third-order valence-electron chi connectivity index (χ3n) is 3.75. The Morgan fingerprint density at radius 2 is 1.62 bits per heavy atom. The molecule has 0 fully saturated rings. The SMILES string of the molecule is COC(=O)C(C(=O)OC)[C@@H](C)[C@@H](NC(=O)c1cccc(F)c1F)C(N)=O. The number of nitrogens with one attached hydrogen (secondary N) is 1. The molecule has 8 nitrogen and oxygen atoms in total. The molecule has 1 rings (SSSR count). The van der Waals surface area contributed by atoms with Gasteiger partial charge in [0, 0.05) is 5.92 Å². The van der Waals surface area contributed by atoms with Crippen molar-refractivity contribution < 1.29 is 37.4 Å². The summed E-state index contributed by atoms with van der Waals surface area (Å²) in [6, 6.07) is 1.34. The first-order chi connectivity index (χ1) is 12.1. The Morgan fingerprint density at radius 1 is 1.08 bits per heavy atom. The first kappa shape index (κ1) is 21.0. The van der Waals surface area contributed by atoms with E-state index in [0.29, 0.717) is 0 Å². The van der Waals surface area contributed by atoms with Crippen LogP contribution in [0.1, 0.15) is 17.3 Å². The van der Waals surface area contributed by atoms with E-state index in [1.165, 1.54) is 6.92 Å². The van der Waals surface area contributed by atoms with Crippen LogP contribution < -0.4 is 11.1 Å². The Kier molecular flexibility index (Phi) is 7.17. The van der Waals surface area contributed by atoms with Crippen LogP contribution in [-0.2, 0) is 23.9 Å². The number of amides is 2. The summed E-state index contributed by atoms with van der Waals surface area (Å²) in [6.45, 7) is 1.27. The van der Waals surface area contributed by atoms with Crippen molar-refractivity contribution in [2.75, 3.05) is 14.2 Å². The molecule has 1 aromatic rings. The number of benzene rings is 1. The highest BCUT2D eigenvalue weighted by molar-refractivity contribution is 5.99. The van der Waals surface area contributed by atoms with Gasteiger partial charge in [0.15, 0.2) is 17.6 Å². The summed E-state index contributed by atoms with van der Waals surface area (Å²) >= 11 is 0. The number of hydrogen-bond donors (Lipinski definition) is 2. The minimum Gasteiger partial charge on any atom is -0.468 e. The Labute approximate surface area is 147 Å². The standard InChI is InChI=1S/C16H18F2N2O6/c1-7(10(15(23)25-2)16(24)26-3)12(13(19)21)20-14(22)8-5-4-6-9(17)11(8)18/h4-7,10,12H,1-3H3,(H2,19,21)(H,20,22)/t7-,12-/m1/s1. The number of nitrogens with two attached hydrogens (primary N) is 1. The summed E-state index contributed by atoms with van der Waals surface area (Å²) in [5, 5.41) is 2.10. The number of methoxy groups -OCH3 is 2. The molecule has 10 heteroatoms. The highest BCUT2D eigenvalue weighted by Gasteiger charge is 2.41. The Hall–Kier alpha value is -3.04. The molecular formula is C16H18F2N2O6. The topological polar surface area (TPSA) is 125 Å². The van der Waals surface area contributed by atoms with Gasteiger partial charge in [-0.2, -0.15) is 0 Å². The van der Waals surface area contributed by atoms with Crippen molar-refractivity contribution in [2.45, 2.75) is 13.0 Å². The van der Waals surface area contributed by atoms with Crippen molar-refractivity contribution in [1.82, 2.24) is 5.32 Å². The lowest BCUT2D eigenvalue weighted by Gasteiger charge is -2.26. The molecule has 2 amide bonds. The predicted molar refractivity (Wildman–Crippen MR) is 83.5 cm³/mol. The quantitative estimate of drug-likeness (QED) is 0.518. The van der Waals surface area contributed by atoms with Crippen LogP contribution in [0, 0.1) is 23.5 Å². The fraction of sp³-hybridized carbons (Fsp3) is 0.375. The summed E-state index contributed by atoms with van der Waals surface area (Å²) in [7, 11) is 2.04. The summed E-state index contributed by atoms with van der Waals surface area (Å²) in [6.07, 6.45) is 0. The second-order valence-electron chi connectivity index (χ2n) is 5.34. The molecule has 26 heavy (non-hydrogen) atoms. The second-order valence-corrected chi connectivity index (χ2v) is 5.34. The van der Waals surface area contributed by atoms with Crippen molar-refractivity contribution >= 4 is 23.8 Å². The smallest absolute Gasteiger partial charge is 0.320 e. The van der Waals surface area contributed by atoms with Crippen molar-refractivity contribution in [3.8, 4) is 0 Å². The van der Waals surface area contributed by atoms with E-state index in [1.54, 1.807) is 0 Å². The summed E-state index contributed by atoms with van der Waals surface area (Å²) in [5.41, 5.74) is 4.56. The molecule has 0 saturated carbocycles. The van der Waals surface area contributed by atoms with Gasteiger partial charge >= 0.3 is 11.9 Å². The highest BCUT2D eigenvalue weighted by atomic mass is 19.2. The van der Waals surface area contributed by atoms with Crippen LogP contribution in [0.15, 0.2) is 18.2 Å². The third kappa shape index (κ3) is 4.52. The number of ether oxygens (including phenoxy) is 2. The number of halogens is 2. The van der Waals surface area contributed by atoms with Crippen molar-refractivity contribution in [3.63, 3.8) is 0 Å². The fourth-order valence-electron chi connectivity index (χ4n) is 2.33. The maximum Gasteiger partial charge on any atom is 0.320 e. The van der Waals surface area contributed by atoms with Gasteiger partial charge in [-0.15, -0.1) is 0 Å². The van der Waals surface area contributed by atoms with E-state index in [1.807, 2.05) is 0 Å². The van der Waals surface area contributed by atoms with Crippen LogP contribution in [0.4, 0.5) is 8.78 Å². The van der Waals surface area contributed by atoms with Gasteiger partial charge in [-0.1, -0.05) is 13.0 Å². The molecule has 2 atom stereocenters. The number of hydrogen-bond acceptors (Lipinski definition) is 6. The number of carbonyl (C=O) groups excluding carboxylic acids is 4. The number of primary amides is 1. The lowest BCUT2D eigenvalue weighted by molar-refractivity contribution is -0.161. The molecule has 0 bridgehead atoms. The lowest BCUT2D eigenvalue weighted by Crippen LogP contribution is -2.53. The Bertz CT molecular complexity index is 709. The van der Waals surface area contributed by atoms with E-state index in [0.717, 1.165) is 32.4 Å². The highest BCUT2D eigenvalue weighted by Crippen LogP contribution is 2.20. The van der Waals surface area contributed by atoms with E-state index in [-0.39, 0.29) is 0 Å². The van der Waals surface area contributed by atoms with Crippen LogP contribution >= 0.6 is 0 Å². The maximum atomic E-state index is 13.7. The second kappa shape index (κ2) is 8.88. The zero-order valence-corrected chi connectivity index (χ0v) is 14.2. The molecule has 0 aromatic heterocycles. The van der Waals surface area contributed by atoms with Gasteiger partial charge in [0.05, 0.1) is 19.8 Å². The molecule has 1 aromatic carbocycles. The van der Waals surface area contributed by atoms with E-state index < -0.39 is 58.8 Å². The van der Waals surface area contributed by atoms with Crippen LogP contribution in [0.3, 0.4) is 0 Å². The van der Waals surface area contributed by atoms with Crippen molar-refractivity contribution in [2.24, 2.45) is 17.6 Å². The molecule has 0 unspecified atom stereocenters. The third-order valence-corrected chi connectivity index (χ3v) is 3.75. The number of rotatable bonds is 7. The normalized spacial score (nSPS) is 12.8. The summed E-state index contributed by atoms with van der Waals surface area (Å²) < 4.78 is 36.0. The summed E-state index contributed by atoms with van der Waals surface area (Å²) in [5.74, 6) is -9.70. The monoisotopic (exact) mass is 372 g/mol. The summed E-state index contributed by atoms with van der Waals surface area (Å²) in [4.78, 5) is 47.6. The molecular weight excluding hydrogens is 354 g/mol. The van der Waals surface area contributed by atoms with Gasteiger partial charge in [0.2, 0.25) is 5.91 Å². The van der Waals surface area contributed by atoms with Crippen LogP contribution in [0.2, 0.25) is 0 Å². The van der Waals surface area contributed by atoms with E-state index in [9.17, 15) is 28.0 Å². The van der Waals surface area contributed by atoms with Gasteiger partial charge in [0.1, 0.15) is 6.04 Å². The van der Waals surface area contributed by atoms with Crippen LogP contribution in [0.25, 0.3) is 0 Å². The Balaban J connectivity index is 3.16. The maximum absolute atomic E-state index is 13.7. The number of carbonyl (C=O) groups is 4. The van der Waals surface area contributed by atoms with E-state index in [4.69, 9.17) is 5.73 Å². The van der Waals surface area contributed by atoms with Gasteiger partial charge in [0.25, 0.3) is 5.91 Å². The molecule has 0 aliphatic rings. The first-order valence-corrected chi connectivity index (χ1v) is 7.35. The minimum atomic E-state index is -1.57. The molecule has 3 N–H and O–H groups in total. The zero-order chi connectivity index (χ0) is 20.0. The fourth-order valence-corrected chi connectivity index (χ4v) is 2.33. The van der Waals surface area contributed by atoms with Crippen molar-refractivity contribution in [1.29, 1.82) is 0 Å². The van der Waals surface area contributed by atoms with Gasteiger partial charge in [-0.05, 0) is 12.1 Å². The number of esters is 2. The average molecular weight is 372 g/mol. The lowest BCUT2D eigenvalue weighted by atomic mass is 9.86. The predicted octanol–water partition coefficient (Wildman–Crippen LogP) is 0.147. The Morgan fingerprint density at radius 3 is 2.08 bits per heavy atom. The zero-order valence-electron chi connectivity index (χ0n) is 14.2. The first-order valence-electron chi connectivity index (χ1n) is 7.35.